The number of aliphatic hydroxyl groups excluding tert-OH is 2. The van der Waals surface area contributed by atoms with Crippen LogP contribution in [0.1, 0.15) is 213 Å². The number of nitrogens with one attached hydrogen (secondary N) is 1. The van der Waals surface area contributed by atoms with Crippen LogP contribution in [0.15, 0.2) is 72.9 Å². The normalized spacial score (nSPS) is 13.7. The van der Waals surface area contributed by atoms with Crippen molar-refractivity contribution in [1.82, 2.24) is 5.32 Å². The molecule has 0 aromatic rings. The van der Waals surface area contributed by atoms with Gasteiger partial charge in [-0.1, -0.05) is 215 Å². The zero-order chi connectivity index (χ0) is 38.6. The molecule has 0 aromatic carbocycles. The van der Waals surface area contributed by atoms with Gasteiger partial charge in [-0.2, -0.15) is 0 Å². The van der Waals surface area contributed by atoms with E-state index in [-0.39, 0.29) is 12.5 Å². The molecular weight excluding hydrogens is 651 g/mol. The lowest BCUT2D eigenvalue weighted by Gasteiger charge is -2.20. The molecule has 306 valence electrons. The third-order valence-corrected chi connectivity index (χ3v) is 9.95. The zero-order valence-electron chi connectivity index (χ0n) is 35.0. The van der Waals surface area contributed by atoms with Crippen LogP contribution in [0.2, 0.25) is 0 Å². The molecule has 0 heterocycles. The Morgan fingerprint density at radius 1 is 0.472 bits per heavy atom. The Labute approximate surface area is 329 Å². The maximum Gasteiger partial charge on any atom is 0.220 e. The number of amides is 1. The maximum absolute atomic E-state index is 12.4. The number of carbonyl (C=O) groups excluding carboxylic acids is 1. The third-order valence-electron chi connectivity index (χ3n) is 9.95. The Morgan fingerprint density at radius 3 is 1.25 bits per heavy atom. The highest BCUT2D eigenvalue weighted by Crippen LogP contribution is 2.15. The van der Waals surface area contributed by atoms with Gasteiger partial charge in [0.05, 0.1) is 18.8 Å². The summed E-state index contributed by atoms with van der Waals surface area (Å²) in [6.07, 6.45) is 63.0. The molecule has 0 fully saturated rings. The summed E-state index contributed by atoms with van der Waals surface area (Å²) < 4.78 is 0. The molecule has 0 aliphatic rings. The average Bonchev–Trinajstić information content (AvgIpc) is 3.16. The monoisotopic (exact) mass is 738 g/mol. The minimum Gasteiger partial charge on any atom is -0.394 e. The molecule has 0 radical (unpaired) electrons. The van der Waals surface area contributed by atoms with E-state index in [0.717, 1.165) is 57.8 Å². The van der Waals surface area contributed by atoms with Crippen LogP contribution in [0.5, 0.6) is 0 Å². The van der Waals surface area contributed by atoms with E-state index < -0.39 is 12.1 Å². The van der Waals surface area contributed by atoms with Gasteiger partial charge in [-0.3, -0.25) is 4.79 Å². The SMILES string of the molecule is CC/C=C\C/C=C\C/C=C\C/C=C\C/C=C\CCCCCCCCCCCCCCCC(=O)NC(CO)C(O)/C=C/CCCCCCCCCCCC. The van der Waals surface area contributed by atoms with Crippen LogP contribution >= 0.6 is 0 Å². The molecule has 53 heavy (non-hydrogen) atoms. The minimum absolute atomic E-state index is 0.0691. The van der Waals surface area contributed by atoms with Gasteiger partial charge < -0.3 is 15.5 Å². The summed E-state index contributed by atoms with van der Waals surface area (Å²) in [5, 5.41) is 23.0. The molecule has 0 bridgehead atoms. The largest absolute Gasteiger partial charge is 0.394 e. The summed E-state index contributed by atoms with van der Waals surface area (Å²) in [5.41, 5.74) is 0. The van der Waals surface area contributed by atoms with Gasteiger partial charge in [0.2, 0.25) is 5.91 Å². The summed E-state index contributed by atoms with van der Waals surface area (Å²) in [6.45, 7) is 4.18. The Balaban J connectivity index is 3.54. The number of hydrogen-bond donors (Lipinski definition) is 3. The van der Waals surface area contributed by atoms with Crippen LogP contribution in [0.25, 0.3) is 0 Å². The highest BCUT2D eigenvalue weighted by atomic mass is 16.3. The van der Waals surface area contributed by atoms with Gasteiger partial charge in [0.1, 0.15) is 0 Å². The Morgan fingerprint density at radius 2 is 0.830 bits per heavy atom. The highest BCUT2D eigenvalue weighted by molar-refractivity contribution is 5.76. The van der Waals surface area contributed by atoms with Crippen LogP contribution in [-0.4, -0.2) is 34.9 Å². The van der Waals surface area contributed by atoms with Gasteiger partial charge in [0.25, 0.3) is 0 Å². The number of unbranched alkanes of at least 4 members (excludes halogenated alkanes) is 23. The molecule has 4 heteroatoms. The van der Waals surface area contributed by atoms with Crippen LogP contribution in [-0.2, 0) is 4.79 Å². The molecule has 2 atom stereocenters. The minimum atomic E-state index is -0.840. The van der Waals surface area contributed by atoms with E-state index in [1.807, 2.05) is 6.08 Å². The predicted octanol–water partition coefficient (Wildman–Crippen LogP) is 14.3. The van der Waals surface area contributed by atoms with Crippen molar-refractivity contribution in [2.75, 3.05) is 6.61 Å². The second-order valence-electron chi connectivity index (χ2n) is 15.1. The first-order valence-corrected chi connectivity index (χ1v) is 22.7. The fourth-order valence-corrected chi connectivity index (χ4v) is 6.50. The van der Waals surface area contributed by atoms with Crippen molar-refractivity contribution in [1.29, 1.82) is 0 Å². The lowest BCUT2D eigenvalue weighted by molar-refractivity contribution is -0.123. The fourth-order valence-electron chi connectivity index (χ4n) is 6.50. The van der Waals surface area contributed by atoms with E-state index in [2.05, 4.69) is 79.9 Å². The van der Waals surface area contributed by atoms with Crippen LogP contribution in [0.3, 0.4) is 0 Å². The number of carbonyl (C=O) groups is 1. The standard InChI is InChI=1S/C49H87NO3/c1-3-5-7-9-11-13-15-17-18-19-20-21-22-23-24-25-26-27-28-29-30-31-32-33-35-37-39-41-43-45-49(53)50-47(46-51)48(52)44-42-40-38-36-34-16-14-12-10-8-6-4-2/h5,7,11,13,17-18,20-21,23-24,42,44,47-48,51-52H,3-4,6,8-10,12,14-16,19,22,25-41,43,45-46H2,1-2H3,(H,50,53)/b7-5-,13-11-,18-17-,21-20-,24-23-,44-42+. The van der Waals surface area contributed by atoms with E-state index in [0.29, 0.717) is 6.42 Å². The molecule has 0 saturated carbocycles. The molecule has 0 aliphatic carbocycles. The van der Waals surface area contributed by atoms with E-state index in [4.69, 9.17) is 0 Å². The molecule has 0 rings (SSSR count). The summed E-state index contributed by atoms with van der Waals surface area (Å²) in [4.78, 5) is 12.4. The molecule has 2 unspecified atom stereocenters. The van der Waals surface area contributed by atoms with Crippen molar-refractivity contribution in [2.24, 2.45) is 0 Å². The van der Waals surface area contributed by atoms with Crippen molar-refractivity contribution in [3.8, 4) is 0 Å². The summed E-state index contributed by atoms with van der Waals surface area (Å²) in [5.74, 6) is -0.0691. The molecule has 0 spiro atoms. The lowest BCUT2D eigenvalue weighted by atomic mass is 10.0. The quantitative estimate of drug-likeness (QED) is 0.0433. The van der Waals surface area contributed by atoms with Crippen molar-refractivity contribution in [3.63, 3.8) is 0 Å². The Bertz CT molecular complexity index is 930. The molecule has 0 aliphatic heterocycles. The predicted molar refractivity (Wildman–Crippen MR) is 234 cm³/mol. The Kier molecular flexibility index (Phi) is 42.4. The molecular formula is C49H87NO3. The van der Waals surface area contributed by atoms with Crippen molar-refractivity contribution >= 4 is 5.91 Å². The molecule has 0 saturated heterocycles. The smallest absolute Gasteiger partial charge is 0.220 e. The lowest BCUT2D eigenvalue weighted by Crippen LogP contribution is -2.45. The number of rotatable bonds is 40. The number of aliphatic hydroxyl groups is 2. The van der Waals surface area contributed by atoms with Crippen LogP contribution < -0.4 is 5.32 Å². The molecule has 3 N–H and O–H groups in total. The second-order valence-corrected chi connectivity index (χ2v) is 15.1. The van der Waals surface area contributed by atoms with E-state index in [9.17, 15) is 15.0 Å². The van der Waals surface area contributed by atoms with Crippen molar-refractivity contribution < 1.29 is 15.0 Å². The van der Waals surface area contributed by atoms with E-state index in [1.54, 1.807) is 6.08 Å². The van der Waals surface area contributed by atoms with Gasteiger partial charge in [0.15, 0.2) is 0 Å². The summed E-state index contributed by atoms with van der Waals surface area (Å²) in [7, 11) is 0. The number of hydrogen-bond acceptors (Lipinski definition) is 3. The highest BCUT2D eigenvalue weighted by Gasteiger charge is 2.17. The third kappa shape index (κ3) is 40.8. The van der Waals surface area contributed by atoms with E-state index >= 15 is 0 Å². The van der Waals surface area contributed by atoms with Gasteiger partial charge >= 0.3 is 0 Å². The van der Waals surface area contributed by atoms with E-state index in [1.165, 1.54) is 135 Å². The topological polar surface area (TPSA) is 69.6 Å². The summed E-state index contributed by atoms with van der Waals surface area (Å²) in [6, 6.07) is -0.624. The molecule has 0 aromatic heterocycles. The van der Waals surface area contributed by atoms with Crippen LogP contribution in [0, 0.1) is 0 Å². The van der Waals surface area contributed by atoms with Crippen LogP contribution in [0.4, 0.5) is 0 Å². The zero-order valence-corrected chi connectivity index (χ0v) is 35.0. The van der Waals surface area contributed by atoms with Gasteiger partial charge in [-0.25, -0.2) is 0 Å². The summed E-state index contributed by atoms with van der Waals surface area (Å²) >= 11 is 0. The van der Waals surface area contributed by atoms with Gasteiger partial charge in [-0.05, 0) is 64.2 Å². The first kappa shape index (κ1) is 50.8. The number of allylic oxidation sites excluding steroid dienone is 11. The van der Waals surface area contributed by atoms with Gasteiger partial charge in [-0.15, -0.1) is 0 Å². The fraction of sp³-hybridized carbons (Fsp3) is 0.735. The van der Waals surface area contributed by atoms with Crippen molar-refractivity contribution in [3.05, 3.63) is 72.9 Å². The second kappa shape index (κ2) is 44.2. The van der Waals surface area contributed by atoms with Gasteiger partial charge in [0, 0.05) is 6.42 Å². The first-order valence-electron chi connectivity index (χ1n) is 22.7. The molecule has 1 amide bonds. The maximum atomic E-state index is 12.4. The first-order chi connectivity index (χ1) is 26.2. The Hall–Kier alpha value is -2.17. The molecule has 4 nitrogen and oxygen atoms in total. The van der Waals surface area contributed by atoms with Crippen molar-refractivity contribution in [2.45, 2.75) is 225 Å². The average molecular weight is 738 g/mol.